The van der Waals surface area contributed by atoms with Gasteiger partial charge in [0.2, 0.25) is 5.91 Å². The summed E-state index contributed by atoms with van der Waals surface area (Å²) in [5.41, 5.74) is 3.92. The molecule has 0 spiro atoms. The number of amides is 1. The number of carbonyl (C=O) groups is 1. The summed E-state index contributed by atoms with van der Waals surface area (Å²) >= 11 is 0. The average molecular weight is 386 g/mol. The first kappa shape index (κ1) is 19.4. The summed E-state index contributed by atoms with van der Waals surface area (Å²) in [4.78, 5) is 11.9. The quantitative estimate of drug-likeness (QED) is 0.497. The molecular weight excluding hydrogens is 369 g/mol. The second-order valence-electron chi connectivity index (χ2n) is 6.24. The van der Waals surface area contributed by atoms with Crippen LogP contribution in [-0.2, 0) is 17.4 Å². The number of furan rings is 1. The van der Waals surface area contributed by atoms with Gasteiger partial charge in [-0.3, -0.25) is 4.79 Å². The van der Waals surface area contributed by atoms with E-state index < -0.39 is 11.7 Å². The summed E-state index contributed by atoms with van der Waals surface area (Å²) < 4.78 is 43.9. The van der Waals surface area contributed by atoms with Gasteiger partial charge in [0.05, 0.1) is 18.2 Å². The van der Waals surface area contributed by atoms with Gasteiger partial charge in [0.25, 0.3) is 0 Å². The fraction of sp³-hybridized carbons (Fsp3) is 0.143. The van der Waals surface area contributed by atoms with Crippen molar-refractivity contribution >= 4 is 12.1 Å². The molecule has 0 aliphatic heterocycles. The van der Waals surface area contributed by atoms with Gasteiger partial charge in [0.1, 0.15) is 11.5 Å². The lowest BCUT2D eigenvalue weighted by Crippen LogP contribution is -2.19. The van der Waals surface area contributed by atoms with Crippen LogP contribution in [-0.4, -0.2) is 12.1 Å². The lowest BCUT2D eigenvalue weighted by Gasteiger charge is -2.07. The molecule has 4 nitrogen and oxygen atoms in total. The fourth-order valence-corrected chi connectivity index (χ4v) is 2.52. The lowest BCUT2D eigenvalue weighted by molar-refractivity contribution is -0.137. The molecule has 3 rings (SSSR count). The highest BCUT2D eigenvalue weighted by Gasteiger charge is 2.30. The van der Waals surface area contributed by atoms with Gasteiger partial charge in [0, 0.05) is 5.56 Å². The highest BCUT2D eigenvalue weighted by molar-refractivity contribution is 5.82. The summed E-state index contributed by atoms with van der Waals surface area (Å²) in [6.45, 7) is 1.96. The minimum atomic E-state index is -4.42. The number of hydrazone groups is 1. The van der Waals surface area contributed by atoms with E-state index in [1.807, 2.05) is 31.2 Å². The van der Waals surface area contributed by atoms with Crippen molar-refractivity contribution in [2.24, 2.45) is 5.10 Å². The number of hydrogen-bond acceptors (Lipinski definition) is 3. The number of alkyl halides is 3. The Morgan fingerprint density at radius 3 is 2.57 bits per heavy atom. The smallest absolute Gasteiger partial charge is 0.416 e. The number of nitrogens with one attached hydrogen (secondary N) is 1. The molecule has 1 aromatic heterocycles. The monoisotopic (exact) mass is 386 g/mol. The molecule has 0 saturated carbocycles. The van der Waals surface area contributed by atoms with Gasteiger partial charge >= 0.3 is 6.18 Å². The molecule has 1 heterocycles. The van der Waals surface area contributed by atoms with Crippen LogP contribution in [0.15, 0.2) is 70.2 Å². The Bertz CT molecular complexity index is 989. The molecule has 0 atom stereocenters. The van der Waals surface area contributed by atoms with E-state index in [9.17, 15) is 18.0 Å². The van der Waals surface area contributed by atoms with E-state index >= 15 is 0 Å². The Balaban J connectivity index is 1.61. The maximum atomic E-state index is 12.8. The van der Waals surface area contributed by atoms with Crippen molar-refractivity contribution in [3.8, 4) is 11.3 Å². The molecule has 144 valence electrons. The van der Waals surface area contributed by atoms with Gasteiger partial charge in [-0.25, -0.2) is 5.43 Å². The topological polar surface area (TPSA) is 54.6 Å². The SMILES string of the molecule is Cc1ccc(CC(=O)N/N=C\c2ccc(-c3cccc(C(F)(F)F)c3)o2)cc1. The van der Waals surface area contributed by atoms with Gasteiger partial charge in [-0.05, 0) is 36.8 Å². The first-order valence-corrected chi connectivity index (χ1v) is 8.46. The molecule has 0 aliphatic carbocycles. The third-order valence-corrected chi connectivity index (χ3v) is 3.97. The van der Waals surface area contributed by atoms with E-state index in [-0.39, 0.29) is 18.1 Å². The number of benzene rings is 2. The van der Waals surface area contributed by atoms with Crippen LogP contribution in [0.3, 0.4) is 0 Å². The molecule has 1 N–H and O–H groups in total. The van der Waals surface area contributed by atoms with E-state index in [1.165, 1.54) is 18.3 Å². The minimum Gasteiger partial charge on any atom is -0.455 e. The zero-order valence-electron chi connectivity index (χ0n) is 15.0. The molecule has 0 aliphatic rings. The third-order valence-electron chi connectivity index (χ3n) is 3.97. The van der Waals surface area contributed by atoms with Crippen LogP contribution in [0.2, 0.25) is 0 Å². The highest BCUT2D eigenvalue weighted by Crippen LogP contribution is 2.32. The molecule has 0 saturated heterocycles. The highest BCUT2D eigenvalue weighted by atomic mass is 19.4. The Kier molecular flexibility index (Phi) is 5.63. The van der Waals surface area contributed by atoms with Crippen LogP contribution in [0.4, 0.5) is 13.2 Å². The predicted molar refractivity (Wildman–Crippen MR) is 99.8 cm³/mol. The maximum Gasteiger partial charge on any atom is 0.416 e. The van der Waals surface area contributed by atoms with Crippen molar-refractivity contribution in [2.75, 3.05) is 0 Å². The Morgan fingerprint density at radius 1 is 1.11 bits per heavy atom. The number of rotatable bonds is 5. The molecule has 3 aromatic rings. The van der Waals surface area contributed by atoms with Gasteiger partial charge in [0.15, 0.2) is 0 Å². The van der Waals surface area contributed by atoms with Crippen molar-refractivity contribution in [3.05, 3.63) is 83.1 Å². The van der Waals surface area contributed by atoms with Crippen LogP contribution in [0.1, 0.15) is 22.5 Å². The molecule has 28 heavy (non-hydrogen) atoms. The van der Waals surface area contributed by atoms with Crippen molar-refractivity contribution in [3.63, 3.8) is 0 Å². The van der Waals surface area contributed by atoms with Crippen LogP contribution >= 0.6 is 0 Å². The average Bonchev–Trinajstić information content (AvgIpc) is 3.12. The summed E-state index contributed by atoms with van der Waals surface area (Å²) in [7, 11) is 0. The first-order chi connectivity index (χ1) is 13.3. The van der Waals surface area contributed by atoms with Crippen LogP contribution in [0, 0.1) is 6.92 Å². The number of aryl methyl sites for hydroxylation is 1. The normalized spacial score (nSPS) is 11.7. The Labute approximate surface area is 159 Å². The standard InChI is InChI=1S/C21H17F3N2O2/c1-14-5-7-15(8-6-14)11-20(27)26-25-13-18-9-10-19(28-18)16-3-2-4-17(12-16)21(22,23)24/h2-10,12-13H,11H2,1H3,(H,26,27)/b25-13-. The van der Waals surface area contributed by atoms with Crippen molar-refractivity contribution in [2.45, 2.75) is 19.5 Å². The summed E-state index contributed by atoms with van der Waals surface area (Å²) in [6.07, 6.45) is -2.94. The van der Waals surface area contributed by atoms with Crippen LogP contribution < -0.4 is 5.43 Å². The molecule has 2 aromatic carbocycles. The van der Waals surface area contributed by atoms with E-state index in [0.717, 1.165) is 23.3 Å². The summed E-state index contributed by atoms with van der Waals surface area (Å²) in [5, 5.41) is 3.82. The lowest BCUT2D eigenvalue weighted by atomic mass is 10.1. The van der Waals surface area contributed by atoms with E-state index in [1.54, 1.807) is 12.1 Å². The zero-order valence-corrected chi connectivity index (χ0v) is 15.0. The molecule has 0 unspecified atom stereocenters. The van der Waals surface area contributed by atoms with Gasteiger partial charge in [-0.15, -0.1) is 0 Å². The fourth-order valence-electron chi connectivity index (χ4n) is 2.52. The van der Waals surface area contributed by atoms with Crippen molar-refractivity contribution < 1.29 is 22.4 Å². The first-order valence-electron chi connectivity index (χ1n) is 8.46. The van der Waals surface area contributed by atoms with Gasteiger partial charge in [-0.1, -0.05) is 42.0 Å². The van der Waals surface area contributed by atoms with Crippen LogP contribution in [0.5, 0.6) is 0 Å². The van der Waals surface area contributed by atoms with Gasteiger partial charge in [-0.2, -0.15) is 18.3 Å². The maximum absolute atomic E-state index is 12.8. The second-order valence-corrected chi connectivity index (χ2v) is 6.24. The summed E-state index contributed by atoms with van der Waals surface area (Å²) in [6, 6.07) is 15.5. The molecular formula is C21H17F3N2O2. The van der Waals surface area contributed by atoms with E-state index in [2.05, 4.69) is 10.5 Å². The molecule has 0 radical (unpaired) electrons. The number of hydrogen-bond donors (Lipinski definition) is 1. The number of nitrogens with zero attached hydrogens (tertiary/aromatic N) is 1. The van der Waals surface area contributed by atoms with Crippen molar-refractivity contribution in [1.29, 1.82) is 0 Å². The Hall–Kier alpha value is -3.35. The second kappa shape index (κ2) is 8.12. The summed E-state index contributed by atoms with van der Waals surface area (Å²) in [5.74, 6) is 0.298. The minimum absolute atomic E-state index is 0.186. The molecule has 7 heteroatoms. The molecule has 0 bridgehead atoms. The van der Waals surface area contributed by atoms with Crippen molar-refractivity contribution in [1.82, 2.24) is 5.43 Å². The van der Waals surface area contributed by atoms with E-state index in [4.69, 9.17) is 4.42 Å². The number of carbonyl (C=O) groups excluding carboxylic acids is 1. The Morgan fingerprint density at radius 2 is 1.86 bits per heavy atom. The van der Waals surface area contributed by atoms with E-state index in [0.29, 0.717) is 11.3 Å². The van der Waals surface area contributed by atoms with Crippen LogP contribution in [0.25, 0.3) is 11.3 Å². The predicted octanol–water partition coefficient (Wildman–Crippen LogP) is 4.97. The van der Waals surface area contributed by atoms with Gasteiger partial charge < -0.3 is 4.42 Å². The molecule has 1 amide bonds. The largest absolute Gasteiger partial charge is 0.455 e. The third kappa shape index (κ3) is 5.09. The molecule has 0 fully saturated rings. The zero-order chi connectivity index (χ0) is 20.1. The number of halogens is 3.